The van der Waals surface area contributed by atoms with E-state index >= 15 is 0 Å². The molecule has 0 spiro atoms. The number of aromatic nitrogens is 2. The van der Waals surface area contributed by atoms with E-state index in [9.17, 15) is 14.4 Å². The number of hydrogen-bond donors (Lipinski definition) is 0. The van der Waals surface area contributed by atoms with Gasteiger partial charge in [-0.05, 0) is 19.1 Å². The summed E-state index contributed by atoms with van der Waals surface area (Å²) in [5.74, 6) is -0.656. The summed E-state index contributed by atoms with van der Waals surface area (Å²) < 4.78 is 7.00. The van der Waals surface area contributed by atoms with E-state index in [1.165, 1.54) is 23.8 Å². The van der Waals surface area contributed by atoms with Crippen molar-refractivity contribution in [1.82, 2.24) is 9.13 Å². The molecular weight excluding hydrogens is 272 g/mol. The molecule has 6 heteroatoms. The maximum atomic E-state index is 12.3. The van der Waals surface area contributed by atoms with Crippen molar-refractivity contribution in [2.24, 2.45) is 0 Å². The zero-order valence-electron chi connectivity index (χ0n) is 11.5. The number of esters is 1. The van der Waals surface area contributed by atoms with E-state index in [0.29, 0.717) is 5.69 Å². The Morgan fingerprint density at radius 2 is 1.86 bits per heavy atom. The van der Waals surface area contributed by atoms with Crippen molar-refractivity contribution < 1.29 is 9.53 Å². The van der Waals surface area contributed by atoms with Gasteiger partial charge < -0.3 is 4.74 Å². The number of nitrogens with zero attached hydrogens (tertiary/aromatic N) is 2. The van der Waals surface area contributed by atoms with Crippen molar-refractivity contribution >= 4 is 5.97 Å². The van der Waals surface area contributed by atoms with Gasteiger partial charge in [0.2, 0.25) is 0 Å². The standard InChI is InChI=1S/C15H14N2O4/c1-11(2)14(19)21-10-17-13(18)8-9-16(15(17)20)12-6-4-3-5-7-12/h3-9H,1,10H2,2H3. The zero-order valence-corrected chi connectivity index (χ0v) is 11.5. The molecule has 0 amide bonds. The predicted molar refractivity (Wildman–Crippen MR) is 77.2 cm³/mol. The molecule has 0 fully saturated rings. The fourth-order valence-electron chi connectivity index (χ4n) is 1.67. The second kappa shape index (κ2) is 6.04. The van der Waals surface area contributed by atoms with Crippen LogP contribution < -0.4 is 11.2 Å². The molecule has 0 radical (unpaired) electrons. The van der Waals surface area contributed by atoms with Gasteiger partial charge in [0.15, 0.2) is 6.73 Å². The second-order valence-electron chi connectivity index (χ2n) is 4.41. The van der Waals surface area contributed by atoms with Crippen molar-refractivity contribution in [3.05, 3.63) is 75.6 Å². The quantitative estimate of drug-likeness (QED) is 0.623. The minimum absolute atomic E-state index is 0.197. The molecule has 0 unspecified atom stereocenters. The minimum atomic E-state index is -0.656. The van der Waals surface area contributed by atoms with Crippen LogP contribution in [0.5, 0.6) is 0 Å². The SMILES string of the molecule is C=C(C)C(=O)OCn1c(=O)ccn(-c2ccccc2)c1=O. The first-order valence-corrected chi connectivity index (χ1v) is 6.21. The van der Waals surface area contributed by atoms with E-state index < -0.39 is 23.9 Å². The summed E-state index contributed by atoms with van der Waals surface area (Å²) in [6.45, 7) is 4.47. The van der Waals surface area contributed by atoms with Crippen molar-refractivity contribution in [1.29, 1.82) is 0 Å². The monoisotopic (exact) mass is 286 g/mol. The number of ether oxygens (including phenoxy) is 1. The Bertz CT molecular complexity index is 787. The Hall–Kier alpha value is -2.89. The molecule has 21 heavy (non-hydrogen) atoms. The van der Waals surface area contributed by atoms with Crippen LogP contribution in [-0.2, 0) is 16.3 Å². The highest BCUT2D eigenvalue weighted by atomic mass is 16.5. The van der Waals surface area contributed by atoms with Gasteiger partial charge in [-0.2, -0.15) is 0 Å². The van der Waals surface area contributed by atoms with Crippen molar-refractivity contribution in [3.8, 4) is 5.69 Å². The lowest BCUT2D eigenvalue weighted by Gasteiger charge is -2.10. The van der Waals surface area contributed by atoms with Crippen LogP contribution in [0.1, 0.15) is 6.92 Å². The molecule has 0 saturated carbocycles. The molecule has 1 aromatic carbocycles. The Kier molecular flexibility index (Phi) is 4.18. The molecular formula is C15H14N2O4. The van der Waals surface area contributed by atoms with E-state index in [-0.39, 0.29) is 5.57 Å². The summed E-state index contributed by atoms with van der Waals surface area (Å²) in [6.07, 6.45) is 1.39. The molecule has 1 heterocycles. The number of carbonyl (C=O) groups is 1. The average Bonchev–Trinajstić information content (AvgIpc) is 2.47. The first kappa shape index (κ1) is 14.5. The Morgan fingerprint density at radius 1 is 1.19 bits per heavy atom. The molecule has 0 bridgehead atoms. The van der Waals surface area contributed by atoms with Gasteiger partial charge in [0.25, 0.3) is 5.56 Å². The number of para-hydroxylation sites is 1. The lowest BCUT2D eigenvalue weighted by atomic mass is 10.3. The first-order valence-electron chi connectivity index (χ1n) is 6.21. The van der Waals surface area contributed by atoms with E-state index in [2.05, 4.69) is 6.58 Å². The van der Waals surface area contributed by atoms with Crippen molar-refractivity contribution in [3.63, 3.8) is 0 Å². The summed E-state index contributed by atoms with van der Waals surface area (Å²) in [7, 11) is 0. The highest BCUT2D eigenvalue weighted by Gasteiger charge is 2.09. The van der Waals surface area contributed by atoms with Crippen LogP contribution >= 0.6 is 0 Å². The van der Waals surface area contributed by atoms with Gasteiger partial charge in [-0.1, -0.05) is 24.8 Å². The molecule has 0 aliphatic carbocycles. The minimum Gasteiger partial charge on any atom is -0.440 e. The lowest BCUT2D eigenvalue weighted by molar-refractivity contribution is -0.142. The van der Waals surface area contributed by atoms with Crippen LogP contribution in [0.2, 0.25) is 0 Å². The van der Waals surface area contributed by atoms with E-state index in [0.717, 1.165) is 4.57 Å². The molecule has 108 valence electrons. The van der Waals surface area contributed by atoms with E-state index in [1.807, 2.05) is 6.07 Å². The topological polar surface area (TPSA) is 70.3 Å². The van der Waals surface area contributed by atoms with Gasteiger partial charge >= 0.3 is 11.7 Å². The summed E-state index contributed by atoms with van der Waals surface area (Å²) in [5.41, 5.74) is -0.310. The van der Waals surface area contributed by atoms with Gasteiger partial charge in [0.05, 0.1) is 5.69 Å². The van der Waals surface area contributed by atoms with Crippen LogP contribution in [0.4, 0.5) is 0 Å². The summed E-state index contributed by atoms with van der Waals surface area (Å²) in [6, 6.07) is 10.1. The van der Waals surface area contributed by atoms with Crippen LogP contribution in [-0.4, -0.2) is 15.1 Å². The fraction of sp³-hybridized carbons (Fsp3) is 0.133. The molecule has 1 aromatic heterocycles. The normalized spacial score (nSPS) is 10.1. The summed E-state index contributed by atoms with van der Waals surface area (Å²) in [4.78, 5) is 35.4. The van der Waals surface area contributed by atoms with Crippen LogP contribution in [0, 0.1) is 0 Å². The van der Waals surface area contributed by atoms with Crippen LogP contribution in [0.25, 0.3) is 5.69 Å². The smallest absolute Gasteiger partial charge is 0.338 e. The number of rotatable bonds is 4. The fourth-order valence-corrected chi connectivity index (χ4v) is 1.67. The lowest BCUT2D eigenvalue weighted by Crippen LogP contribution is -2.39. The number of hydrogen-bond acceptors (Lipinski definition) is 4. The largest absolute Gasteiger partial charge is 0.440 e. The Balaban J connectivity index is 2.39. The third-order valence-electron chi connectivity index (χ3n) is 2.78. The Morgan fingerprint density at radius 3 is 2.48 bits per heavy atom. The highest BCUT2D eigenvalue weighted by Crippen LogP contribution is 2.02. The van der Waals surface area contributed by atoms with Gasteiger partial charge in [-0.15, -0.1) is 0 Å². The molecule has 0 aliphatic heterocycles. The predicted octanol–water partition coefficient (Wildman–Crippen LogP) is 1.08. The third-order valence-corrected chi connectivity index (χ3v) is 2.78. The number of carbonyl (C=O) groups excluding carboxylic acids is 1. The molecule has 2 rings (SSSR count). The van der Waals surface area contributed by atoms with Gasteiger partial charge in [-0.25, -0.2) is 14.2 Å². The van der Waals surface area contributed by atoms with Gasteiger partial charge in [-0.3, -0.25) is 9.36 Å². The van der Waals surface area contributed by atoms with Crippen LogP contribution in [0.3, 0.4) is 0 Å². The summed E-state index contributed by atoms with van der Waals surface area (Å²) in [5, 5.41) is 0. The van der Waals surface area contributed by atoms with Gasteiger partial charge in [0, 0.05) is 17.8 Å². The number of benzene rings is 1. The van der Waals surface area contributed by atoms with E-state index in [1.54, 1.807) is 24.3 Å². The molecule has 2 aromatic rings. The maximum absolute atomic E-state index is 12.3. The van der Waals surface area contributed by atoms with Crippen molar-refractivity contribution in [2.75, 3.05) is 0 Å². The van der Waals surface area contributed by atoms with Crippen molar-refractivity contribution in [2.45, 2.75) is 13.7 Å². The molecule has 0 atom stereocenters. The van der Waals surface area contributed by atoms with Gasteiger partial charge in [0.1, 0.15) is 0 Å². The summed E-state index contributed by atoms with van der Waals surface area (Å²) >= 11 is 0. The molecule has 0 saturated heterocycles. The highest BCUT2D eigenvalue weighted by molar-refractivity contribution is 5.86. The van der Waals surface area contributed by atoms with E-state index in [4.69, 9.17) is 4.74 Å². The average molecular weight is 286 g/mol. The maximum Gasteiger partial charge on any atom is 0.338 e. The molecule has 6 nitrogen and oxygen atoms in total. The first-order chi connectivity index (χ1) is 10.0. The second-order valence-corrected chi connectivity index (χ2v) is 4.41. The Labute approximate surface area is 120 Å². The zero-order chi connectivity index (χ0) is 15.4. The van der Waals surface area contributed by atoms with Crippen LogP contribution in [0.15, 0.2) is 64.3 Å². The molecule has 0 aliphatic rings. The molecule has 0 N–H and O–H groups in total. The third kappa shape index (κ3) is 3.17.